The summed E-state index contributed by atoms with van der Waals surface area (Å²) >= 11 is 5.85. The third-order valence-corrected chi connectivity index (χ3v) is 3.19. The van der Waals surface area contributed by atoms with Crippen LogP contribution in [-0.2, 0) is 0 Å². The minimum absolute atomic E-state index is 0.190. The van der Waals surface area contributed by atoms with Crippen LogP contribution in [0.1, 0.15) is 10.4 Å². The van der Waals surface area contributed by atoms with Gasteiger partial charge in [0.25, 0.3) is 0 Å². The Balaban J connectivity index is 2.29. The van der Waals surface area contributed by atoms with Crippen molar-refractivity contribution in [2.75, 3.05) is 0 Å². The molecule has 0 aliphatic heterocycles. The Morgan fingerprint density at radius 1 is 1.32 bits per heavy atom. The number of aromatic nitrogens is 1. The van der Waals surface area contributed by atoms with E-state index in [1.165, 1.54) is 12.1 Å². The highest BCUT2D eigenvalue weighted by Gasteiger charge is 2.09. The number of phenols is 1. The molecule has 2 aromatic rings. The summed E-state index contributed by atoms with van der Waals surface area (Å²) in [6.45, 7) is 0. The maximum atomic E-state index is 10.7. The molecular formula is C10H7N3O4S2. The molecule has 1 heterocycles. The Morgan fingerprint density at radius 3 is 2.58 bits per heavy atom. The molecule has 1 aromatic heterocycles. The second-order valence-electron chi connectivity index (χ2n) is 3.37. The van der Waals surface area contributed by atoms with Crippen molar-refractivity contribution in [3.63, 3.8) is 0 Å². The number of carbonyl (C=O) groups is 1. The molecule has 2 rings (SSSR count). The molecule has 19 heavy (non-hydrogen) atoms. The molecule has 0 spiro atoms. The van der Waals surface area contributed by atoms with Gasteiger partial charge in [-0.25, -0.2) is 4.79 Å². The molecule has 0 aliphatic rings. The summed E-state index contributed by atoms with van der Waals surface area (Å²) in [7, 11) is 0. The zero-order valence-electron chi connectivity index (χ0n) is 9.19. The van der Waals surface area contributed by atoms with Gasteiger partial charge in [-0.1, -0.05) is 11.3 Å². The SMILES string of the molecule is O=C(O)c1ccc(N=Nc2sc(=S)[nH]c2O)cc1O. The number of carboxylic acids is 1. The highest BCUT2D eigenvalue weighted by molar-refractivity contribution is 7.73. The van der Waals surface area contributed by atoms with Gasteiger partial charge in [-0.2, -0.15) is 0 Å². The van der Waals surface area contributed by atoms with Crippen molar-refractivity contribution in [3.05, 3.63) is 27.7 Å². The molecule has 0 fully saturated rings. The third-order valence-electron chi connectivity index (χ3n) is 2.08. The fourth-order valence-corrected chi connectivity index (χ4v) is 2.13. The normalized spacial score (nSPS) is 10.9. The van der Waals surface area contributed by atoms with Crippen LogP contribution in [0.4, 0.5) is 10.7 Å². The summed E-state index contributed by atoms with van der Waals surface area (Å²) in [5.74, 6) is -1.83. The van der Waals surface area contributed by atoms with Crippen LogP contribution in [-0.4, -0.2) is 26.3 Å². The summed E-state index contributed by atoms with van der Waals surface area (Å²) < 4.78 is 0.357. The lowest BCUT2D eigenvalue weighted by molar-refractivity contribution is 0.0694. The Hall–Kier alpha value is -2.26. The molecule has 98 valence electrons. The van der Waals surface area contributed by atoms with Crippen molar-refractivity contribution in [1.29, 1.82) is 0 Å². The lowest BCUT2D eigenvalue weighted by Crippen LogP contribution is -1.95. The van der Waals surface area contributed by atoms with E-state index in [4.69, 9.17) is 17.3 Å². The van der Waals surface area contributed by atoms with Crippen LogP contribution in [0, 0.1) is 3.95 Å². The number of rotatable bonds is 3. The Labute approximate surface area is 115 Å². The standard InChI is InChI=1S/C10H7N3O4S2/c14-6-3-4(1-2-5(6)9(16)17)12-13-8-7(15)11-10(18)19-8/h1-3,14-15H,(H,11,18)(H,16,17). The second kappa shape index (κ2) is 5.16. The monoisotopic (exact) mass is 297 g/mol. The van der Waals surface area contributed by atoms with Crippen LogP contribution in [0.3, 0.4) is 0 Å². The van der Waals surface area contributed by atoms with Gasteiger partial charge in [0.15, 0.2) is 3.95 Å². The van der Waals surface area contributed by atoms with Crippen molar-refractivity contribution >= 4 is 40.2 Å². The molecule has 0 atom stereocenters. The van der Waals surface area contributed by atoms with Gasteiger partial charge in [-0.3, -0.25) is 0 Å². The van der Waals surface area contributed by atoms with Crippen LogP contribution in [0.25, 0.3) is 0 Å². The van der Waals surface area contributed by atoms with Gasteiger partial charge in [0.1, 0.15) is 11.3 Å². The second-order valence-corrected chi connectivity index (χ2v) is 5.04. The Kier molecular flexibility index (Phi) is 3.58. The number of nitrogens with zero attached hydrogens (tertiary/aromatic N) is 2. The molecule has 0 bridgehead atoms. The zero-order chi connectivity index (χ0) is 14.0. The minimum Gasteiger partial charge on any atom is -0.507 e. The predicted molar refractivity (Wildman–Crippen MR) is 70.4 cm³/mol. The number of benzene rings is 1. The number of thiazole rings is 1. The first-order valence-corrected chi connectivity index (χ1v) is 6.10. The average Bonchev–Trinajstić information content (AvgIpc) is 2.65. The van der Waals surface area contributed by atoms with Crippen LogP contribution in [0.15, 0.2) is 28.4 Å². The van der Waals surface area contributed by atoms with E-state index in [1.54, 1.807) is 0 Å². The van der Waals surface area contributed by atoms with Crippen molar-refractivity contribution in [3.8, 4) is 11.6 Å². The number of aromatic carboxylic acids is 1. The molecule has 0 amide bonds. The largest absolute Gasteiger partial charge is 0.507 e. The van der Waals surface area contributed by atoms with E-state index in [0.29, 0.717) is 3.95 Å². The molecule has 0 saturated heterocycles. The first-order chi connectivity index (χ1) is 8.97. The van der Waals surface area contributed by atoms with Crippen molar-refractivity contribution in [2.45, 2.75) is 0 Å². The molecule has 0 radical (unpaired) electrons. The lowest BCUT2D eigenvalue weighted by Gasteiger charge is -1.99. The lowest BCUT2D eigenvalue weighted by atomic mass is 10.2. The fraction of sp³-hybridized carbons (Fsp3) is 0. The predicted octanol–water partition coefficient (Wildman–Crippen LogP) is 3.33. The van der Waals surface area contributed by atoms with Crippen LogP contribution in [0.5, 0.6) is 11.6 Å². The van der Waals surface area contributed by atoms with E-state index in [-0.39, 0.29) is 22.1 Å². The first kappa shape index (κ1) is 13.2. The molecule has 0 saturated carbocycles. The van der Waals surface area contributed by atoms with Crippen molar-refractivity contribution in [1.82, 2.24) is 4.98 Å². The van der Waals surface area contributed by atoms with Crippen molar-refractivity contribution < 1.29 is 20.1 Å². The van der Waals surface area contributed by atoms with Crippen LogP contribution >= 0.6 is 23.6 Å². The molecular weight excluding hydrogens is 290 g/mol. The number of azo groups is 1. The number of hydrogen-bond donors (Lipinski definition) is 4. The maximum Gasteiger partial charge on any atom is 0.339 e. The van der Waals surface area contributed by atoms with Crippen LogP contribution < -0.4 is 0 Å². The summed E-state index contributed by atoms with van der Waals surface area (Å²) in [6, 6.07) is 3.76. The van der Waals surface area contributed by atoms with Crippen LogP contribution in [0.2, 0.25) is 0 Å². The number of aromatic hydroxyl groups is 2. The molecule has 9 heteroatoms. The van der Waals surface area contributed by atoms with E-state index < -0.39 is 11.7 Å². The number of hydrogen-bond acceptors (Lipinski definition) is 7. The van der Waals surface area contributed by atoms with E-state index >= 15 is 0 Å². The topological polar surface area (TPSA) is 118 Å². The van der Waals surface area contributed by atoms with E-state index in [1.807, 2.05) is 0 Å². The number of carboxylic acid groups (broad SMARTS) is 1. The van der Waals surface area contributed by atoms with Gasteiger partial charge in [0.05, 0.1) is 5.69 Å². The van der Waals surface area contributed by atoms with Crippen molar-refractivity contribution in [2.24, 2.45) is 10.2 Å². The summed E-state index contributed by atoms with van der Waals surface area (Å²) in [5.41, 5.74) is 0.0281. The van der Waals surface area contributed by atoms with E-state index in [9.17, 15) is 15.0 Å². The maximum absolute atomic E-state index is 10.7. The molecule has 1 aromatic carbocycles. The smallest absolute Gasteiger partial charge is 0.339 e. The summed E-state index contributed by atoms with van der Waals surface area (Å²) in [5, 5.41) is 35.3. The Bertz CT molecular complexity index is 720. The summed E-state index contributed by atoms with van der Waals surface area (Å²) in [6.07, 6.45) is 0. The quantitative estimate of drug-likeness (QED) is 0.512. The van der Waals surface area contributed by atoms with Gasteiger partial charge in [-0.05, 0) is 24.4 Å². The van der Waals surface area contributed by atoms with E-state index in [0.717, 1.165) is 17.4 Å². The molecule has 0 unspecified atom stereocenters. The Morgan fingerprint density at radius 2 is 2.05 bits per heavy atom. The first-order valence-electron chi connectivity index (χ1n) is 4.87. The third kappa shape index (κ3) is 2.95. The van der Waals surface area contributed by atoms with Gasteiger partial charge in [0.2, 0.25) is 10.9 Å². The van der Waals surface area contributed by atoms with Gasteiger partial charge in [-0.15, -0.1) is 10.2 Å². The number of nitrogens with one attached hydrogen (secondary N) is 1. The molecule has 0 aliphatic carbocycles. The number of aromatic amines is 1. The van der Waals surface area contributed by atoms with Gasteiger partial charge < -0.3 is 20.3 Å². The fourth-order valence-electron chi connectivity index (χ4n) is 1.25. The average molecular weight is 297 g/mol. The van der Waals surface area contributed by atoms with Gasteiger partial charge in [0, 0.05) is 6.07 Å². The molecule has 4 N–H and O–H groups in total. The minimum atomic E-state index is -1.23. The summed E-state index contributed by atoms with van der Waals surface area (Å²) in [4.78, 5) is 13.2. The molecule has 7 nitrogen and oxygen atoms in total. The zero-order valence-corrected chi connectivity index (χ0v) is 10.8. The highest BCUT2D eigenvalue weighted by Crippen LogP contribution is 2.33. The highest BCUT2D eigenvalue weighted by atomic mass is 32.1. The number of H-pyrrole nitrogens is 1. The van der Waals surface area contributed by atoms with Gasteiger partial charge >= 0.3 is 5.97 Å². The van der Waals surface area contributed by atoms with E-state index in [2.05, 4.69) is 15.2 Å².